The molecular weight excluding hydrogens is 691 g/mol. The monoisotopic (exact) mass is 729 g/mol. The van der Waals surface area contributed by atoms with Crippen molar-refractivity contribution in [2.45, 2.75) is 19.3 Å². The minimum atomic E-state index is -0.1000. The number of furan rings is 1. The second-order valence-corrected chi connectivity index (χ2v) is 15.7. The number of fused-ring (bicyclic) bond motifs is 8. The lowest BCUT2D eigenvalue weighted by molar-refractivity contribution is 0.662. The molecule has 0 saturated carbocycles. The summed E-state index contributed by atoms with van der Waals surface area (Å²) in [6.07, 6.45) is 0. The molecule has 0 amide bonds. The third-order valence-electron chi connectivity index (χ3n) is 12.1. The highest BCUT2D eigenvalue weighted by Crippen LogP contribution is 2.52. The molecule has 1 heterocycles. The maximum absolute atomic E-state index is 6.66. The van der Waals surface area contributed by atoms with Gasteiger partial charge in [0.2, 0.25) is 0 Å². The first-order valence-corrected chi connectivity index (χ1v) is 19.8. The molecule has 0 fully saturated rings. The maximum atomic E-state index is 6.66. The zero-order chi connectivity index (χ0) is 38.1. The number of hydrogen-bond acceptors (Lipinski definition) is 2. The predicted octanol–water partition coefficient (Wildman–Crippen LogP) is 15.5. The highest BCUT2D eigenvalue weighted by atomic mass is 16.3. The van der Waals surface area contributed by atoms with Crippen molar-refractivity contribution in [3.05, 3.63) is 211 Å². The van der Waals surface area contributed by atoms with E-state index in [1.165, 1.54) is 49.9 Å². The van der Waals surface area contributed by atoms with Crippen LogP contribution in [0.1, 0.15) is 25.0 Å². The summed E-state index contributed by atoms with van der Waals surface area (Å²) in [5.74, 6) is 0. The molecule has 270 valence electrons. The van der Waals surface area contributed by atoms with Crippen LogP contribution < -0.4 is 4.90 Å². The van der Waals surface area contributed by atoms with E-state index < -0.39 is 0 Å². The van der Waals surface area contributed by atoms with Crippen LogP contribution in [0.3, 0.4) is 0 Å². The smallest absolute Gasteiger partial charge is 0.143 e. The summed E-state index contributed by atoms with van der Waals surface area (Å²) in [6.45, 7) is 4.72. The standard InChI is InChI=1S/C55H39NO/c1-55(2)49-23-10-8-18-44(49)47-22-12-20-42(53(47)55)39-28-33-41(34-29-39)56(40-31-26-37(27-32-40)36-14-4-3-5-15-36)50-24-11-9-19-45(50)46-21-13-25-51-52(46)48-35-30-38-16-6-7-17-43(38)54(48)57-51/h3-35H,1-2H3. The van der Waals surface area contributed by atoms with Gasteiger partial charge in [0.25, 0.3) is 0 Å². The lowest BCUT2D eigenvalue weighted by Gasteiger charge is -2.29. The normalized spacial score (nSPS) is 12.9. The average Bonchev–Trinajstić information content (AvgIpc) is 3.77. The molecule has 0 unspecified atom stereocenters. The molecule has 0 aliphatic heterocycles. The number of anilines is 3. The van der Waals surface area contributed by atoms with Crippen molar-refractivity contribution in [2.75, 3.05) is 4.90 Å². The Balaban J connectivity index is 1.08. The van der Waals surface area contributed by atoms with Crippen LogP contribution in [0.25, 0.3) is 77.2 Å². The molecule has 0 N–H and O–H groups in total. The number of benzene rings is 9. The molecule has 0 spiro atoms. The van der Waals surface area contributed by atoms with E-state index >= 15 is 0 Å². The van der Waals surface area contributed by atoms with Gasteiger partial charge in [0.15, 0.2) is 0 Å². The van der Waals surface area contributed by atoms with Gasteiger partial charge in [-0.05, 0) is 97.9 Å². The zero-order valence-electron chi connectivity index (χ0n) is 31.9. The summed E-state index contributed by atoms with van der Waals surface area (Å²) in [6, 6.07) is 72.5. The molecule has 0 atom stereocenters. The Morgan fingerprint density at radius 3 is 1.81 bits per heavy atom. The molecule has 1 aromatic heterocycles. The molecule has 1 aliphatic rings. The largest absolute Gasteiger partial charge is 0.455 e. The first kappa shape index (κ1) is 33.2. The van der Waals surface area contributed by atoms with Gasteiger partial charge in [-0.25, -0.2) is 0 Å². The summed E-state index contributed by atoms with van der Waals surface area (Å²) in [7, 11) is 0. The number of para-hydroxylation sites is 1. The summed E-state index contributed by atoms with van der Waals surface area (Å²) < 4.78 is 6.66. The first-order valence-electron chi connectivity index (χ1n) is 19.8. The highest BCUT2D eigenvalue weighted by Gasteiger charge is 2.37. The van der Waals surface area contributed by atoms with Crippen molar-refractivity contribution in [3.8, 4) is 44.5 Å². The molecule has 2 nitrogen and oxygen atoms in total. The van der Waals surface area contributed by atoms with Crippen LogP contribution in [0.2, 0.25) is 0 Å². The number of hydrogen-bond donors (Lipinski definition) is 0. The minimum Gasteiger partial charge on any atom is -0.455 e. The third kappa shape index (κ3) is 5.25. The van der Waals surface area contributed by atoms with E-state index in [0.717, 1.165) is 55.5 Å². The lowest BCUT2D eigenvalue weighted by Crippen LogP contribution is -2.16. The van der Waals surface area contributed by atoms with Gasteiger partial charge >= 0.3 is 0 Å². The van der Waals surface area contributed by atoms with E-state index in [0.29, 0.717) is 0 Å². The number of rotatable bonds is 6. The third-order valence-corrected chi connectivity index (χ3v) is 12.1. The van der Waals surface area contributed by atoms with E-state index in [4.69, 9.17) is 4.42 Å². The molecule has 57 heavy (non-hydrogen) atoms. The van der Waals surface area contributed by atoms with Crippen LogP contribution >= 0.6 is 0 Å². The predicted molar refractivity (Wildman–Crippen MR) is 240 cm³/mol. The van der Waals surface area contributed by atoms with Gasteiger partial charge in [-0.2, -0.15) is 0 Å². The molecule has 0 bridgehead atoms. The van der Waals surface area contributed by atoms with Crippen LogP contribution in [0.15, 0.2) is 205 Å². The second kappa shape index (κ2) is 13.0. The minimum absolute atomic E-state index is 0.1000. The molecular formula is C55H39NO. The topological polar surface area (TPSA) is 16.4 Å². The van der Waals surface area contributed by atoms with E-state index in [2.05, 4.69) is 219 Å². The van der Waals surface area contributed by atoms with Crippen LogP contribution in [0.4, 0.5) is 17.1 Å². The van der Waals surface area contributed by atoms with Gasteiger partial charge in [-0.3, -0.25) is 0 Å². The van der Waals surface area contributed by atoms with Gasteiger partial charge in [0, 0.05) is 38.5 Å². The van der Waals surface area contributed by atoms with Gasteiger partial charge < -0.3 is 9.32 Å². The second-order valence-electron chi connectivity index (χ2n) is 15.7. The Hall–Kier alpha value is -7.16. The number of nitrogens with zero attached hydrogens (tertiary/aromatic N) is 1. The lowest BCUT2D eigenvalue weighted by atomic mass is 9.79. The van der Waals surface area contributed by atoms with Crippen molar-refractivity contribution in [3.63, 3.8) is 0 Å². The quantitative estimate of drug-likeness (QED) is 0.169. The molecule has 2 heteroatoms. The van der Waals surface area contributed by atoms with Gasteiger partial charge in [-0.15, -0.1) is 0 Å². The van der Waals surface area contributed by atoms with Crippen molar-refractivity contribution < 1.29 is 4.42 Å². The Labute approximate surface area is 332 Å². The Morgan fingerprint density at radius 2 is 1.00 bits per heavy atom. The van der Waals surface area contributed by atoms with Crippen LogP contribution in [0, 0.1) is 0 Å². The van der Waals surface area contributed by atoms with Crippen molar-refractivity contribution in [2.24, 2.45) is 0 Å². The van der Waals surface area contributed by atoms with Gasteiger partial charge in [-0.1, -0.05) is 172 Å². The van der Waals surface area contributed by atoms with E-state index in [9.17, 15) is 0 Å². The Bertz CT molecular complexity index is 3130. The fraction of sp³-hybridized carbons (Fsp3) is 0.0545. The van der Waals surface area contributed by atoms with E-state index in [1.54, 1.807) is 0 Å². The zero-order valence-corrected chi connectivity index (χ0v) is 31.9. The molecule has 9 aromatic carbocycles. The van der Waals surface area contributed by atoms with Crippen LogP contribution in [-0.4, -0.2) is 0 Å². The highest BCUT2D eigenvalue weighted by molar-refractivity contribution is 6.19. The first-order chi connectivity index (χ1) is 28.0. The van der Waals surface area contributed by atoms with Crippen molar-refractivity contribution in [1.82, 2.24) is 0 Å². The molecule has 10 aromatic rings. The van der Waals surface area contributed by atoms with Crippen LogP contribution in [-0.2, 0) is 5.41 Å². The summed E-state index contributed by atoms with van der Waals surface area (Å²) in [5, 5.41) is 4.55. The van der Waals surface area contributed by atoms with E-state index in [-0.39, 0.29) is 5.41 Å². The molecule has 11 rings (SSSR count). The fourth-order valence-corrected chi connectivity index (χ4v) is 9.41. The van der Waals surface area contributed by atoms with Crippen LogP contribution in [0.5, 0.6) is 0 Å². The SMILES string of the molecule is CC1(C)c2ccccc2-c2cccc(-c3ccc(N(c4ccc(-c5ccccc5)cc4)c4ccccc4-c4cccc5oc6c7ccccc7ccc6c45)cc3)c21. The van der Waals surface area contributed by atoms with Crippen molar-refractivity contribution >= 4 is 49.8 Å². The van der Waals surface area contributed by atoms with Gasteiger partial charge in [0.1, 0.15) is 11.2 Å². The maximum Gasteiger partial charge on any atom is 0.143 e. The molecule has 0 radical (unpaired) electrons. The van der Waals surface area contributed by atoms with Gasteiger partial charge in [0.05, 0.1) is 5.69 Å². The molecule has 1 aliphatic carbocycles. The molecule has 0 saturated heterocycles. The Kier molecular flexibility index (Phi) is 7.55. The fourth-order valence-electron chi connectivity index (χ4n) is 9.41. The summed E-state index contributed by atoms with van der Waals surface area (Å²) >= 11 is 0. The summed E-state index contributed by atoms with van der Waals surface area (Å²) in [4.78, 5) is 2.40. The Morgan fingerprint density at radius 1 is 0.404 bits per heavy atom. The van der Waals surface area contributed by atoms with Crippen molar-refractivity contribution in [1.29, 1.82) is 0 Å². The summed E-state index contributed by atoms with van der Waals surface area (Å²) in [5.41, 5.74) is 17.6. The average molecular weight is 730 g/mol. The van der Waals surface area contributed by atoms with E-state index in [1.807, 2.05) is 0 Å².